The van der Waals surface area contributed by atoms with E-state index in [0.29, 0.717) is 17.7 Å². The lowest BCUT2D eigenvalue weighted by atomic mass is 9.88. The van der Waals surface area contributed by atoms with Crippen molar-refractivity contribution in [2.24, 2.45) is 0 Å². The van der Waals surface area contributed by atoms with Gasteiger partial charge < -0.3 is 16.0 Å². The highest BCUT2D eigenvalue weighted by molar-refractivity contribution is 5.94. The number of carbonyl (C=O) groups is 2. The molecule has 1 heterocycles. The van der Waals surface area contributed by atoms with Gasteiger partial charge in [-0.15, -0.1) is 0 Å². The van der Waals surface area contributed by atoms with E-state index in [4.69, 9.17) is 0 Å². The lowest BCUT2D eigenvalue weighted by Gasteiger charge is -2.26. The molecule has 2 aromatic carbocycles. The van der Waals surface area contributed by atoms with Crippen LogP contribution in [0.4, 0.5) is 10.1 Å². The molecule has 0 saturated heterocycles. The molecule has 0 fully saturated rings. The largest absolute Gasteiger partial charge is 0.348 e. The van der Waals surface area contributed by atoms with Gasteiger partial charge in [-0.3, -0.25) is 19.0 Å². The van der Waals surface area contributed by atoms with Crippen LogP contribution in [-0.2, 0) is 22.6 Å². The van der Waals surface area contributed by atoms with Crippen molar-refractivity contribution in [3.05, 3.63) is 88.0 Å². The van der Waals surface area contributed by atoms with Crippen LogP contribution in [0.3, 0.4) is 0 Å². The van der Waals surface area contributed by atoms with Crippen molar-refractivity contribution in [1.29, 1.82) is 0 Å². The molecule has 1 aliphatic rings. The van der Waals surface area contributed by atoms with Gasteiger partial charge in [0.25, 0.3) is 5.56 Å². The number of hydrogen-bond acceptors (Lipinski definition) is 4. The van der Waals surface area contributed by atoms with E-state index in [1.807, 2.05) is 25.1 Å². The molecule has 4 rings (SSSR count). The highest BCUT2D eigenvalue weighted by Crippen LogP contribution is 2.29. The molecule has 3 aromatic rings. The monoisotopic (exact) mass is 490 g/mol. The number of aryl methyl sites for hydroxylation is 1. The van der Waals surface area contributed by atoms with E-state index in [9.17, 15) is 18.8 Å². The van der Waals surface area contributed by atoms with E-state index in [1.165, 1.54) is 28.3 Å². The molecule has 3 N–H and O–H groups in total. The summed E-state index contributed by atoms with van der Waals surface area (Å²) in [7, 11) is 1.68. The lowest BCUT2D eigenvalue weighted by molar-refractivity contribution is -0.122. The number of hydrogen-bond donors (Lipinski definition) is 3. The molecular formula is C28H31FN4O3. The Morgan fingerprint density at radius 1 is 1.08 bits per heavy atom. The second-order valence-electron chi connectivity index (χ2n) is 8.98. The first-order valence-electron chi connectivity index (χ1n) is 12.3. The number of fused-ring (bicyclic) bond motifs is 1. The Morgan fingerprint density at radius 3 is 2.56 bits per heavy atom. The van der Waals surface area contributed by atoms with Gasteiger partial charge in [-0.1, -0.05) is 31.2 Å². The van der Waals surface area contributed by atoms with Crippen LogP contribution in [0.2, 0.25) is 0 Å². The van der Waals surface area contributed by atoms with Gasteiger partial charge in [0, 0.05) is 0 Å². The van der Waals surface area contributed by atoms with E-state index in [1.54, 1.807) is 25.2 Å². The predicted octanol–water partition coefficient (Wildman–Crippen LogP) is 3.78. The van der Waals surface area contributed by atoms with Gasteiger partial charge in [0.05, 0.1) is 17.8 Å². The summed E-state index contributed by atoms with van der Waals surface area (Å²) in [5.41, 5.74) is 2.94. The second kappa shape index (κ2) is 11.3. The molecule has 36 heavy (non-hydrogen) atoms. The number of rotatable bonds is 8. The zero-order valence-corrected chi connectivity index (χ0v) is 20.5. The van der Waals surface area contributed by atoms with E-state index in [2.05, 4.69) is 22.0 Å². The van der Waals surface area contributed by atoms with Crippen molar-refractivity contribution in [3.63, 3.8) is 0 Å². The summed E-state index contributed by atoms with van der Waals surface area (Å²) in [4.78, 5) is 39.2. The Bertz CT molecular complexity index is 1300. The molecule has 8 heteroatoms. The van der Waals surface area contributed by atoms with Crippen LogP contribution < -0.4 is 21.5 Å². The third-order valence-corrected chi connectivity index (χ3v) is 6.65. The Balaban J connectivity index is 1.65. The summed E-state index contributed by atoms with van der Waals surface area (Å²) in [5, 5.41) is 8.67. The fourth-order valence-corrected chi connectivity index (χ4v) is 4.73. The summed E-state index contributed by atoms with van der Waals surface area (Å²) in [6.07, 6.45) is 3.31. The van der Waals surface area contributed by atoms with Gasteiger partial charge in [0.2, 0.25) is 11.8 Å². The third kappa shape index (κ3) is 5.54. The minimum atomic E-state index is -0.504. The molecule has 1 unspecified atom stereocenters. The minimum Gasteiger partial charge on any atom is -0.348 e. The lowest BCUT2D eigenvalue weighted by Crippen LogP contribution is -2.40. The molecule has 2 atom stereocenters. The third-order valence-electron chi connectivity index (χ3n) is 6.65. The number of halogens is 1. The first-order valence-corrected chi connectivity index (χ1v) is 12.3. The normalized spacial score (nSPS) is 15.6. The van der Waals surface area contributed by atoms with Crippen molar-refractivity contribution < 1.29 is 14.0 Å². The van der Waals surface area contributed by atoms with Crippen molar-refractivity contribution in [2.75, 3.05) is 12.4 Å². The molecular weight excluding hydrogens is 459 g/mol. The highest BCUT2D eigenvalue weighted by Gasteiger charge is 2.23. The van der Waals surface area contributed by atoms with Crippen LogP contribution in [0.1, 0.15) is 43.4 Å². The predicted molar refractivity (Wildman–Crippen MR) is 138 cm³/mol. The van der Waals surface area contributed by atoms with Crippen LogP contribution in [0.25, 0.3) is 11.3 Å². The second-order valence-corrected chi connectivity index (χ2v) is 8.98. The maximum Gasteiger partial charge on any atom is 0.275 e. The van der Waals surface area contributed by atoms with Crippen molar-refractivity contribution in [2.45, 2.75) is 51.2 Å². The molecule has 1 aromatic heterocycles. The van der Waals surface area contributed by atoms with Crippen molar-refractivity contribution >= 4 is 17.5 Å². The number of pyridine rings is 1. The molecule has 1 aliphatic carbocycles. The fourth-order valence-electron chi connectivity index (χ4n) is 4.73. The number of carbonyl (C=O) groups excluding carboxylic acids is 2. The number of amides is 2. The smallest absolute Gasteiger partial charge is 0.275 e. The highest BCUT2D eigenvalue weighted by atomic mass is 19.1. The molecule has 0 aliphatic heterocycles. The number of aromatic nitrogens is 1. The Hall–Kier alpha value is -3.78. The Morgan fingerprint density at radius 2 is 1.83 bits per heavy atom. The van der Waals surface area contributed by atoms with E-state index in [0.717, 1.165) is 24.8 Å². The number of nitrogens with one attached hydrogen (secondary N) is 3. The molecule has 7 nitrogen and oxygen atoms in total. The fraction of sp³-hybridized carbons (Fsp3) is 0.321. The number of anilines is 1. The van der Waals surface area contributed by atoms with Crippen LogP contribution >= 0.6 is 0 Å². The van der Waals surface area contributed by atoms with Gasteiger partial charge in [-0.25, -0.2) is 4.39 Å². The molecule has 0 bridgehead atoms. The zero-order valence-electron chi connectivity index (χ0n) is 20.5. The van der Waals surface area contributed by atoms with Gasteiger partial charge in [0.15, 0.2) is 0 Å². The maximum atomic E-state index is 13.5. The summed E-state index contributed by atoms with van der Waals surface area (Å²) in [6.45, 7) is 1.63. The summed E-state index contributed by atoms with van der Waals surface area (Å²) < 4.78 is 14.9. The molecule has 2 amide bonds. The average molecular weight is 491 g/mol. The van der Waals surface area contributed by atoms with Crippen molar-refractivity contribution in [1.82, 2.24) is 15.2 Å². The number of nitrogens with zero attached hydrogens (tertiary/aromatic N) is 1. The van der Waals surface area contributed by atoms with Gasteiger partial charge >= 0.3 is 0 Å². The van der Waals surface area contributed by atoms with Crippen LogP contribution in [-0.4, -0.2) is 29.5 Å². The SMILES string of the molecule is CC[C@H](NC)C(=O)Nc1ccc(-c2ccc(F)cc2)n(CC(=O)NC2CCCc3ccccc32)c1=O. The number of likely N-dealkylation sites (N-methyl/N-ethyl adjacent to an activating group) is 1. The topological polar surface area (TPSA) is 92.2 Å². The summed E-state index contributed by atoms with van der Waals surface area (Å²) in [5.74, 6) is -1.04. The molecule has 0 spiro atoms. The maximum absolute atomic E-state index is 13.5. The molecule has 0 saturated carbocycles. The van der Waals surface area contributed by atoms with Crippen LogP contribution in [0.15, 0.2) is 65.5 Å². The van der Waals surface area contributed by atoms with Gasteiger partial charge in [-0.05, 0) is 85.8 Å². The van der Waals surface area contributed by atoms with Gasteiger partial charge in [0.1, 0.15) is 18.0 Å². The molecule has 188 valence electrons. The standard InChI is InChI=1S/C28H31FN4O3/c1-3-22(30-2)27(35)32-24-15-16-25(19-11-13-20(29)14-12-19)33(28(24)36)17-26(34)31-23-10-6-8-18-7-4-5-9-21(18)23/h4-5,7,9,11-16,22-23,30H,3,6,8,10,17H2,1-2H3,(H,31,34)(H,32,35)/t22-,23?/m0/s1. The quantitative estimate of drug-likeness (QED) is 0.448. The van der Waals surface area contributed by atoms with Crippen molar-refractivity contribution in [3.8, 4) is 11.3 Å². The minimum absolute atomic E-state index is 0.0790. The van der Waals surface area contributed by atoms with Crippen LogP contribution in [0, 0.1) is 5.82 Å². The summed E-state index contributed by atoms with van der Waals surface area (Å²) in [6, 6.07) is 16.4. The van der Waals surface area contributed by atoms with E-state index < -0.39 is 17.4 Å². The van der Waals surface area contributed by atoms with Crippen LogP contribution in [0.5, 0.6) is 0 Å². The average Bonchev–Trinajstić information content (AvgIpc) is 2.88. The van der Waals surface area contributed by atoms with Gasteiger partial charge in [-0.2, -0.15) is 0 Å². The first-order chi connectivity index (χ1) is 17.4. The van der Waals surface area contributed by atoms with E-state index in [-0.39, 0.29) is 30.1 Å². The summed E-state index contributed by atoms with van der Waals surface area (Å²) >= 11 is 0. The Kier molecular flexibility index (Phi) is 7.95. The Labute approximate surface area is 209 Å². The first kappa shape index (κ1) is 25.3. The zero-order chi connectivity index (χ0) is 25.7. The number of benzene rings is 2. The molecule has 0 radical (unpaired) electrons. The van der Waals surface area contributed by atoms with E-state index >= 15 is 0 Å².